The van der Waals surface area contributed by atoms with E-state index < -0.39 is 0 Å². The maximum absolute atomic E-state index is 12.8. The molecule has 3 rings (SSSR count). The Morgan fingerprint density at radius 1 is 1.19 bits per heavy atom. The molecule has 1 fully saturated rings. The lowest BCUT2D eigenvalue weighted by atomic mass is 9.84. The average Bonchev–Trinajstić information content (AvgIpc) is 2.95. The molecule has 0 amide bonds. The van der Waals surface area contributed by atoms with Crippen LogP contribution in [-0.4, -0.2) is 22.9 Å². The van der Waals surface area contributed by atoms with E-state index in [1.165, 1.54) is 32.1 Å². The molecule has 0 radical (unpaired) electrons. The van der Waals surface area contributed by atoms with Crippen LogP contribution in [0, 0.1) is 19.8 Å². The number of carbonyl (C=O) groups excluding carboxylic acids is 1. The summed E-state index contributed by atoms with van der Waals surface area (Å²) in [6, 6.07) is 10.1. The second-order valence-corrected chi connectivity index (χ2v) is 8.02. The van der Waals surface area contributed by atoms with E-state index in [-0.39, 0.29) is 5.78 Å². The van der Waals surface area contributed by atoms with Gasteiger partial charge in [0.05, 0.1) is 6.54 Å². The Morgan fingerprint density at radius 3 is 2.50 bits per heavy atom. The minimum atomic E-state index is 0.168. The molecule has 0 aliphatic heterocycles. The van der Waals surface area contributed by atoms with Gasteiger partial charge >= 0.3 is 0 Å². The van der Waals surface area contributed by atoms with Crippen LogP contribution in [0.4, 0.5) is 0 Å². The summed E-state index contributed by atoms with van der Waals surface area (Å²) in [5, 5.41) is 4.19. The van der Waals surface area contributed by atoms with Crippen molar-refractivity contribution in [2.45, 2.75) is 58.9 Å². The summed E-state index contributed by atoms with van der Waals surface area (Å²) in [7, 11) is 0. The average molecular weight is 373 g/mol. The van der Waals surface area contributed by atoms with Crippen molar-refractivity contribution < 1.29 is 4.79 Å². The lowest BCUT2D eigenvalue weighted by molar-refractivity contribution is 0.0982. The third-order valence-electron chi connectivity index (χ3n) is 5.76. The number of carbonyl (C=O) groups is 1. The van der Waals surface area contributed by atoms with E-state index in [2.05, 4.69) is 16.8 Å². The molecule has 1 atom stereocenters. The SMILES string of the molecule is Cc1cc(C(=O)CNC(C)C2CCCCC2)c(C)n1-c1ccc(Cl)cc1. The molecular weight excluding hydrogens is 344 g/mol. The smallest absolute Gasteiger partial charge is 0.178 e. The van der Waals surface area contributed by atoms with E-state index in [1.807, 2.05) is 44.2 Å². The number of aryl methyl sites for hydroxylation is 1. The largest absolute Gasteiger partial charge is 0.318 e. The number of Topliss-reactive ketones (excluding diaryl/α,β-unsaturated/α-hetero) is 1. The predicted octanol–water partition coefficient (Wildman–Crippen LogP) is 5.49. The number of halogens is 1. The topological polar surface area (TPSA) is 34.0 Å². The normalized spacial score (nSPS) is 16.6. The Balaban J connectivity index is 1.70. The number of nitrogens with zero attached hydrogens (tertiary/aromatic N) is 1. The van der Waals surface area contributed by atoms with Crippen molar-refractivity contribution in [1.29, 1.82) is 0 Å². The van der Waals surface area contributed by atoms with E-state index in [4.69, 9.17) is 11.6 Å². The standard InChI is InChI=1S/C22H29ClN2O/c1-15-13-21(17(3)25(15)20-11-9-19(23)10-12-20)22(26)14-24-16(2)18-7-5-4-6-8-18/h9-13,16,18,24H,4-8,14H2,1-3H3. The van der Waals surface area contributed by atoms with Crippen LogP contribution in [0.1, 0.15) is 60.8 Å². The summed E-state index contributed by atoms with van der Waals surface area (Å²) < 4.78 is 2.12. The lowest BCUT2D eigenvalue weighted by Gasteiger charge is -2.28. The van der Waals surface area contributed by atoms with Crippen molar-refractivity contribution in [3.05, 3.63) is 52.3 Å². The van der Waals surface area contributed by atoms with Gasteiger partial charge in [-0.15, -0.1) is 0 Å². The first-order chi connectivity index (χ1) is 12.5. The zero-order chi connectivity index (χ0) is 18.7. The molecule has 4 heteroatoms. The summed E-state index contributed by atoms with van der Waals surface area (Å²) in [4.78, 5) is 12.8. The van der Waals surface area contributed by atoms with Crippen molar-refractivity contribution in [3.63, 3.8) is 0 Å². The number of rotatable bonds is 6. The maximum atomic E-state index is 12.8. The van der Waals surface area contributed by atoms with E-state index in [0.29, 0.717) is 23.5 Å². The van der Waals surface area contributed by atoms with Gasteiger partial charge in [0.15, 0.2) is 5.78 Å². The molecule has 2 aromatic rings. The first kappa shape index (κ1) is 19.2. The first-order valence-corrected chi connectivity index (χ1v) is 10.1. The maximum Gasteiger partial charge on any atom is 0.178 e. The van der Waals surface area contributed by atoms with Gasteiger partial charge in [0.2, 0.25) is 0 Å². The predicted molar refractivity (Wildman–Crippen MR) is 109 cm³/mol. The molecule has 1 unspecified atom stereocenters. The van der Waals surface area contributed by atoms with Gasteiger partial charge in [-0.1, -0.05) is 30.9 Å². The van der Waals surface area contributed by atoms with E-state index >= 15 is 0 Å². The van der Waals surface area contributed by atoms with Gasteiger partial charge in [-0.25, -0.2) is 0 Å². The molecule has 0 bridgehead atoms. The van der Waals surface area contributed by atoms with Gasteiger partial charge in [0.25, 0.3) is 0 Å². The molecule has 1 N–H and O–H groups in total. The summed E-state index contributed by atoms with van der Waals surface area (Å²) in [6.07, 6.45) is 6.58. The minimum Gasteiger partial charge on any atom is -0.318 e. The molecule has 3 nitrogen and oxygen atoms in total. The molecule has 26 heavy (non-hydrogen) atoms. The van der Waals surface area contributed by atoms with Gasteiger partial charge in [0, 0.05) is 33.7 Å². The van der Waals surface area contributed by atoms with E-state index in [9.17, 15) is 4.79 Å². The van der Waals surface area contributed by atoms with Crippen LogP contribution < -0.4 is 5.32 Å². The van der Waals surface area contributed by atoms with Crippen LogP contribution >= 0.6 is 11.6 Å². The van der Waals surface area contributed by atoms with Gasteiger partial charge < -0.3 is 9.88 Å². The highest BCUT2D eigenvalue weighted by molar-refractivity contribution is 6.30. The molecular formula is C22H29ClN2O. The molecule has 1 aliphatic rings. The van der Waals surface area contributed by atoms with Crippen molar-refractivity contribution in [3.8, 4) is 5.69 Å². The molecule has 140 valence electrons. The number of benzene rings is 1. The Morgan fingerprint density at radius 2 is 1.85 bits per heavy atom. The fourth-order valence-corrected chi connectivity index (χ4v) is 4.31. The zero-order valence-corrected chi connectivity index (χ0v) is 16.8. The van der Waals surface area contributed by atoms with Gasteiger partial charge in [-0.3, -0.25) is 4.79 Å². The highest BCUT2D eigenvalue weighted by atomic mass is 35.5. The van der Waals surface area contributed by atoms with Crippen LogP contribution in [0.5, 0.6) is 0 Å². The number of ketones is 1. The number of aromatic nitrogens is 1. The summed E-state index contributed by atoms with van der Waals surface area (Å²) in [5.41, 5.74) is 3.89. The summed E-state index contributed by atoms with van der Waals surface area (Å²) in [6.45, 7) is 6.68. The van der Waals surface area contributed by atoms with Crippen molar-refractivity contribution in [2.75, 3.05) is 6.54 Å². The van der Waals surface area contributed by atoms with Crippen LogP contribution in [-0.2, 0) is 0 Å². The summed E-state index contributed by atoms with van der Waals surface area (Å²) >= 11 is 6.00. The highest BCUT2D eigenvalue weighted by Crippen LogP contribution is 2.26. The summed E-state index contributed by atoms with van der Waals surface area (Å²) in [5.74, 6) is 0.874. The Bertz CT molecular complexity index is 757. The molecule has 0 spiro atoms. The third-order valence-corrected chi connectivity index (χ3v) is 6.01. The van der Waals surface area contributed by atoms with E-state index in [1.54, 1.807) is 0 Å². The first-order valence-electron chi connectivity index (χ1n) is 9.69. The Labute approximate surface area is 161 Å². The molecule has 1 saturated carbocycles. The molecule has 1 aliphatic carbocycles. The van der Waals surface area contributed by atoms with Crippen LogP contribution in [0.25, 0.3) is 5.69 Å². The van der Waals surface area contributed by atoms with Crippen LogP contribution in [0.2, 0.25) is 5.02 Å². The van der Waals surface area contributed by atoms with Crippen LogP contribution in [0.3, 0.4) is 0 Å². The lowest BCUT2D eigenvalue weighted by Crippen LogP contribution is -2.37. The van der Waals surface area contributed by atoms with Crippen LogP contribution in [0.15, 0.2) is 30.3 Å². The molecule has 1 heterocycles. The monoisotopic (exact) mass is 372 g/mol. The van der Waals surface area contributed by atoms with Crippen molar-refractivity contribution >= 4 is 17.4 Å². The van der Waals surface area contributed by atoms with Gasteiger partial charge in [-0.2, -0.15) is 0 Å². The van der Waals surface area contributed by atoms with Gasteiger partial charge in [0.1, 0.15) is 0 Å². The highest BCUT2D eigenvalue weighted by Gasteiger charge is 2.22. The molecule has 1 aromatic heterocycles. The van der Waals surface area contributed by atoms with Gasteiger partial charge in [-0.05, 0) is 69.9 Å². The minimum absolute atomic E-state index is 0.168. The second-order valence-electron chi connectivity index (χ2n) is 7.59. The fourth-order valence-electron chi connectivity index (χ4n) is 4.18. The second kappa shape index (κ2) is 8.41. The number of nitrogens with one attached hydrogen (secondary N) is 1. The molecule has 1 aromatic carbocycles. The van der Waals surface area contributed by atoms with E-state index in [0.717, 1.165) is 22.6 Å². The number of hydrogen-bond acceptors (Lipinski definition) is 2. The fraction of sp³-hybridized carbons (Fsp3) is 0.500. The van der Waals surface area contributed by atoms with Crippen molar-refractivity contribution in [1.82, 2.24) is 9.88 Å². The zero-order valence-electron chi connectivity index (χ0n) is 16.0. The Kier molecular flexibility index (Phi) is 6.20. The Hall–Kier alpha value is -1.58. The third kappa shape index (κ3) is 4.21. The quantitative estimate of drug-likeness (QED) is 0.680. The van der Waals surface area contributed by atoms with Crippen molar-refractivity contribution in [2.24, 2.45) is 5.92 Å². The molecule has 0 saturated heterocycles. The number of hydrogen-bond donors (Lipinski definition) is 1.